The first-order valence-corrected chi connectivity index (χ1v) is 9.52. The van der Waals surface area contributed by atoms with Gasteiger partial charge in [0.05, 0.1) is 12.4 Å². The lowest BCUT2D eigenvalue weighted by atomic mass is 10.5. The summed E-state index contributed by atoms with van der Waals surface area (Å²) in [7, 11) is -0.608. The Morgan fingerprint density at radius 3 is 2.50 bits per heavy atom. The molecule has 0 saturated heterocycles. The zero-order valence-electron chi connectivity index (χ0n) is 9.42. The minimum atomic E-state index is -3.76. The second-order valence-corrected chi connectivity index (χ2v) is 9.18. The van der Waals surface area contributed by atoms with Crippen LogP contribution in [0, 0.1) is 0 Å². The second-order valence-electron chi connectivity index (χ2n) is 3.29. The van der Waals surface area contributed by atoms with E-state index in [0.29, 0.717) is 4.88 Å². The highest BCUT2D eigenvalue weighted by molar-refractivity contribution is 8.15. The van der Waals surface area contributed by atoms with Gasteiger partial charge in [0.15, 0.2) is 0 Å². The van der Waals surface area contributed by atoms with Crippen LogP contribution in [0.3, 0.4) is 0 Å². The van der Waals surface area contributed by atoms with Crippen molar-refractivity contribution in [2.45, 2.75) is 10.8 Å². The number of ether oxygens (including phenoxy) is 1. The Morgan fingerprint density at radius 2 is 2.00 bits per heavy atom. The molecule has 1 aromatic rings. The van der Waals surface area contributed by atoms with Crippen LogP contribution in [0.4, 0.5) is 0 Å². The third-order valence-electron chi connectivity index (χ3n) is 1.90. The van der Waals surface area contributed by atoms with Gasteiger partial charge in [0.2, 0.25) is 10.0 Å². The molecule has 0 aliphatic carbocycles. The van der Waals surface area contributed by atoms with Gasteiger partial charge in [0.25, 0.3) is 9.05 Å². The summed E-state index contributed by atoms with van der Waals surface area (Å²) in [6, 6.07) is 2.85. The van der Waals surface area contributed by atoms with Crippen molar-refractivity contribution in [3.8, 4) is 0 Å². The third-order valence-corrected chi connectivity index (χ3v) is 6.37. The van der Waals surface area contributed by atoms with Gasteiger partial charge >= 0.3 is 0 Å². The van der Waals surface area contributed by atoms with Crippen LogP contribution in [0.5, 0.6) is 0 Å². The predicted octanol–water partition coefficient (Wildman–Crippen LogP) is 0.741. The van der Waals surface area contributed by atoms with Crippen molar-refractivity contribution < 1.29 is 21.6 Å². The van der Waals surface area contributed by atoms with Gasteiger partial charge in [-0.25, -0.2) is 21.6 Å². The molecule has 1 rings (SSSR count). The molecule has 0 aromatic carbocycles. The van der Waals surface area contributed by atoms with Gasteiger partial charge in [-0.3, -0.25) is 0 Å². The van der Waals surface area contributed by atoms with Crippen molar-refractivity contribution in [3.63, 3.8) is 0 Å². The lowest BCUT2D eigenvalue weighted by molar-refractivity contribution is 0.217. The Hall–Kier alpha value is -0.190. The largest absolute Gasteiger partial charge is 0.384 e. The summed E-state index contributed by atoms with van der Waals surface area (Å²) in [4.78, 5) is 0.565. The van der Waals surface area contributed by atoms with Gasteiger partial charge in [-0.2, -0.15) is 0 Å². The fourth-order valence-electron chi connectivity index (χ4n) is 1.03. The Balaban J connectivity index is 2.62. The number of hydrogen-bond donors (Lipinski definition) is 1. The monoisotopic (exact) mass is 333 g/mol. The van der Waals surface area contributed by atoms with Gasteiger partial charge in [0, 0.05) is 29.2 Å². The summed E-state index contributed by atoms with van der Waals surface area (Å²) in [5.41, 5.74) is 0. The number of halogens is 1. The third kappa shape index (κ3) is 5.21. The van der Waals surface area contributed by atoms with Crippen molar-refractivity contribution in [2.75, 3.05) is 19.5 Å². The Bertz CT molecular complexity index is 592. The molecule has 18 heavy (non-hydrogen) atoms. The maximum Gasteiger partial charge on any atom is 0.270 e. The molecule has 0 spiro atoms. The fourth-order valence-corrected chi connectivity index (χ4v) is 4.09. The molecule has 1 aromatic heterocycles. The van der Waals surface area contributed by atoms with E-state index in [9.17, 15) is 16.8 Å². The molecule has 104 valence electrons. The predicted molar refractivity (Wildman–Crippen MR) is 69.9 cm³/mol. The fraction of sp³-hybridized carbons (Fsp3) is 0.500. The summed E-state index contributed by atoms with van der Waals surface area (Å²) >= 11 is 0.926. The smallest absolute Gasteiger partial charge is 0.270 e. The van der Waals surface area contributed by atoms with Crippen LogP contribution in [0.2, 0.25) is 0 Å². The molecular weight excluding hydrogens is 322 g/mol. The standard InChI is InChI=1S/C8H12ClNO5S3/c1-15-4-5-17(11,12)10-6-7-2-3-8(16-7)18(9,13)14/h2-3,10H,4-6H2,1H3. The molecule has 0 amide bonds. The molecule has 0 radical (unpaired) electrons. The van der Waals surface area contributed by atoms with Crippen LogP contribution in [0.25, 0.3) is 0 Å². The van der Waals surface area contributed by atoms with E-state index < -0.39 is 19.1 Å². The summed E-state index contributed by atoms with van der Waals surface area (Å²) in [5.74, 6) is -0.143. The zero-order chi connectivity index (χ0) is 13.8. The van der Waals surface area contributed by atoms with Crippen LogP contribution >= 0.6 is 22.0 Å². The Kier molecular flexibility index (Phi) is 5.56. The van der Waals surface area contributed by atoms with Crippen molar-refractivity contribution in [1.29, 1.82) is 0 Å². The molecule has 0 atom stereocenters. The number of hydrogen-bond acceptors (Lipinski definition) is 6. The van der Waals surface area contributed by atoms with Crippen molar-refractivity contribution in [3.05, 3.63) is 17.0 Å². The molecule has 0 aliphatic rings. The SMILES string of the molecule is COCCS(=O)(=O)NCc1ccc(S(=O)(=O)Cl)s1. The molecular formula is C8H12ClNO5S3. The van der Waals surface area contributed by atoms with Crippen LogP contribution in [0.15, 0.2) is 16.3 Å². The molecule has 0 unspecified atom stereocenters. The second kappa shape index (κ2) is 6.31. The van der Waals surface area contributed by atoms with Gasteiger partial charge in [-0.05, 0) is 12.1 Å². The minimum absolute atomic E-state index is 0.00439. The van der Waals surface area contributed by atoms with Crippen LogP contribution in [-0.4, -0.2) is 36.3 Å². The van der Waals surface area contributed by atoms with E-state index in [2.05, 4.69) is 9.46 Å². The first kappa shape index (κ1) is 15.9. The summed E-state index contributed by atoms with van der Waals surface area (Å²) in [6.07, 6.45) is 0. The number of methoxy groups -OCH3 is 1. The quantitative estimate of drug-likeness (QED) is 0.743. The highest BCUT2D eigenvalue weighted by Crippen LogP contribution is 2.24. The first-order valence-electron chi connectivity index (χ1n) is 4.74. The van der Waals surface area contributed by atoms with Crippen LogP contribution in [0.1, 0.15) is 4.88 Å². The van der Waals surface area contributed by atoms with Gasteiger partial charge in [-0.1, -0.05) is 0 Å². The number of nitrogens with one attached hydrogen (secondary N) is 1. The Labute approximate surface area is 114 Å². The average molecular weight is 334 g/mol. The maximum absolute atomic E-state index is 11.4. The minimum Gasteiger partial charge on any atom is -0.384 e. The zero-order valence-corrected chi connectivity index (χ0v) is 12.6. The lowest BCUT2D eigenvalue weighted by Gasteiger charge is -2.04. The van der Waals surface area contributed by atoms with E-state index in [1.165, 1.54) is 19.2 Å². The van der Waals surface area contributed by atoms with Gasteiger partial charge in [0.1, 0.15) is 4.21 Å². The van der Waals surface area contributed by atoms with Crippen molar-refractivity contribution in [2.24, 2.45) is 0 Å². The van der Waals surface area contributed by atoms with E-state index in [1.54, 1.807) is 0 Å². The van der Waals surface area contributed by atoms with Crippen LogP contribution in [-0.2, 0) is 30.4 Å². The number of sulfonamides is 1. The molecule has 0 fully saturated rings. The van der Waals surface area contributed by atoms with Crippen molar-refractivity contribution in [1.82, 2.24) is 4.72 Å². The van der Waals surface area contributed by atoms with E-state index in [-0.39, 0.29) is 23.1 Å². The van der Waals surface area contributed by atoms with E-state index >= 15 is 0 Å². The van der Waals surface area contributed by atoms with Crippen LogP contribution < -0.4 is 4.72 Å². The molecule has 0 saturated carbocycles. The highest BCUT2D eigenvalue weighted by atomic mass is 35.7. The van der Waals surface area contributed by atoms with E-state index in [0.717, 1.165) is 11.3 Å². The number of thiophene rings is 1. The maximum atomic E-state index is 11.4. The average Bonchev–Trinajstić information content (AvgIpc) is 2.72. The van der Waals surface area contributed by atoms with Gasteiger partial charge < -0.3 is 4.74 Å². The molecule has 1 N–H and O–H groups in total. The van der Waals surface area contributed by atoms with E-state index in [1.807, 2.05) is 0 Å². The topological polar surface area (TPSA) is 89.5 Å². The number of rotatable bonds is 7. The lowest BCUT2D eigenvalue weighted by Crippen LogP contribution is -2.27. The van der Waals surface area contributed by atoms with E-state index in [4.69, 9.17) is 10.7 Å². The summed E-state index contributed by atoms with van der Waals surface area (Å²) in [5, 5.41) is 0. The molecule has 10 heteroatoms. The molecule has 0 bridgehead atoms. The molecule has 0 aliphatic heterocycles. The molecule has 1 heterocycles. The molecule has 6 nitrogen and oxygen atoms in total. The first-order chi connectivity index (χ1) is 8.24. The van der Waals surface area contributed by atoms with Crippen molar-refractivity contribution >= 4 is 41.1 Å². The summed E-state index contributed by atoms with van der Waals surface area (Å²) < 4.78 is 51.9. The highest BCUT2D eigenvalue weighted by Gasteiger charge is 2.15. The van der Waals surface area contributed by atoms with Gasteiger partial charge in [-0.15, -0.1) is 11.3 Å². The summed E-state index contributed by atoms with van der Waals surface area (Å²) in [6.45, 7) is 0.129. The Morgan fingerprint density at radius 1 is 1.33 bits per heavy atom. The normalized spacial score (nSPS) is 12.8.